The van der Waals surface area contributed by atoms with E-state index < -0.39 is 0 Å². The van der Waals surface area contributed by atoms with Gasteiger partial charge in [0.05, 0.1) is 12.7 Å². The Hall–Kier alpha value is -1.75. The highest BCUT2D eigenvalue weighted by Crippen LogP contribution is 2.21. The van der Waals surface area contributed by atoms with Gasteiger partial charge < -0.3 is 20.7 Å². The predicted octanol–water partition coefficient (Wildman–Crippen LogP) is 1.10. The quantitative estimate of drug-likeness (QED) is 0.781. The Labute approximate surface area is 113 Å². The summed E-state index contributed by atoms with van der Waals surface area (Å²) in [5.41, 5.74) is 6.78. The first-order valence-electron chi connectivity index (χ1n) is 6.65. The zero-order chi connectivity index (χ0) is 13.7. The van der Waals surface area contributed by atoms with Gasteiger partial charge in [-0.1, -0.05) is 0 Å². The van der Waals surface area contributed by atoms with Crippen LogP contribution in [0, 0.1) is 0 Å². The number of amides is 1. The van der Waals surface area contributed by atoms with E-state index in [4.69, 9.17) is 10.5 Å². The number of hydrogen-bond acceptors (Lipinski definition) is 4. The average molecular weight is 263 g/mol. The number of carbonyl (C=O) groups is 1. The van der Waals surface area contributed by atoms with E-state index in [0.29, 0.717) is 23.5 Å². The van der Waals surface area contributed by atoms with Crippen molar-refractivity contribution in [2.75, 3.05) is 39.0 Å². The fourth-order valence-corrected chi connectivity index (χ4v) is 2.32. The Morgan fingerprint density at radius 2 is 2.16 bits per heavy atom. The molecule has 1 aliphatic heterocycles. The largest absolute Gasteiger partial charge is 0.496 e. The molecule has 0 aromatic heterocycles. The van der Waals surface area contributed by atoms with E-state index in [1.54, 1.807) is 18.2 Å². The first-order valence-corrected chi connectivity index (χ1v) is 6.65. The molecule has 5 nitrogen and oxygen atoms in total. The van der Waals surface area contributed by atoms with Crippen molar-refractivity contribution < 1.29 is 9.53 Å². The van der Waals surface area contributed by atoms with Gasteiger partial charge in [0.1, 0.15) is 5.75 Å². The third-order valence-corrected chi connectivity index (χ3v) is 3.38. The van der Waals surface area contributed by atoms with Crippen LogP contribution in [-0.4, -0.2) is 44.1 Å². The summed E-state index contributed by atoms with van der Waals surface area (Å²) >= 11 is 0. The monoisotopic (exact) mass is 263 g/mol. The fourth-order valence-electron chi connectivity index (χ4n) is 2.32. The molecule has 19 heavy (non-hydrogen) atoms. The van der Waals surface area contributed by atoms with Crippen LogP contribution in [0.4, 0.5) is 5.69 Å². The van der Waals surface area contributed by atoms with Crippen LogP contribution in [0.15, 0.2) is 18.2 Å². The maximum Gasteiger partial charge on any atom is 0.255 e. The third kappa shape index (κ3) is 3.61. The van der Waals surface area contributed by atoms with E-state index in [2.05, 4.69) is 10.2 Å². The maximum absolute atomic E-state index is 12.1. The summed E-state index contributed by atoms with van der Waals surface area (Å²) in [4.78, 5) is 14.4. The van der Waals surface area contributed by atoms with Gasteiger partial charge in [0.25, 0.3) is 5.91 Å². The second-order valence-electron chi connectivity index (χ2n) is 4.76. The lowest BCUT2D eigenvalue weighted by Crippen LogP contribution is -2.33. The number of likely N-dealkylation sites (tertiary alicyclic amines) is 1. The Morgan fingerprint density at radius 1 is 1.42 bits per heavy atom. The standard InChI is InChI=1S/C14H21N3O2/c1-19-13-10-11(15)4-5-12(13)14(18)16-6-9-17-7-2-3-8-17/h4-5,10H,2-3,6-9,15H2,1H3,(H,16,18). The molecule has 1 aromatic carbocycles. The SMILES string of the molecule is COc1cc(N)ccc1C(=O)NCCN1CCCC1. The molecule has 0 aliphatic carbocycles. The molecule has 0 spiro atoms. The van der Waals surface area contributed by atoms with Crippen molar-refractivity contribution in [1.82, 2.24) is 10.2 Å². The summed E-state index contributed by atoms with van der Waals surface area (Å²) in [5, 5.41) is 2.92. The number of rotatable bonds is 5. The maximum atomic E-state index is 12.1. The zero-order valence-electron chi connectivity index (χ0n) is 11.3. The average Bonchev–Trinajstić information content (AvgIpc) is 2.91. The van der Waals surface area contributed by atoms with Crippen molar-refractivity contribution in [3.8, 4) is 5.75 Å². The van der Waals surface area contributed by atoms with Crippen LogP contribution in [0.2, 0.25) is 0 Å². The van der Waals surface area contributed by atoms with Gasteiger partial charge in [-0.3, -0.25) is 4.79 Å². The number of nitrogens with two attached hydrogens (primary N) is 1. The molecule has 0 unspecified atom stereocenters. The molecule has 0 radical (unpaired) electrons. The first kappa shape index (κ1) is 13.7. The van der Waals surface area contributed by atoms with E-state index in [0.717, 1.165) is 19.6 Å². The molecule has 5 heteroatoms. The van der Waals surface area contributed by atoms with Crippen molar-refractivity contribution in [3.05, 3.63) is 23.8 Å². The predicted molar refractivity (Wildman–Crippen MR) is 75.4 cm³/mol. The van der Waals surface area contributed by atoms with Crippen LogP contribution in [0.1, 0.15) is 23.2 Å². The van der Waals surface area contributed by atoms with Gasteiger partial charge in [0, 0.05) is 24.8 Å². The van der Waals surface area contributed by atoms with Crippen molar-refractivity contribution >= 4 is 11.6 Å². The van der Waals surface area contributed by atoms with Crippen molar-refractivity contribution in [1.29, 1.82) is 0 Å². The van der Waals surface area contributed by atoms with Crippen LogP contribution in [0.25, 0.3) is 0 Å². The molecule has 1 saturated heterocycles. The van der Waals surface area contributed by atoms with Gasteiger partial charge in [-0.2, -0.15) is 0 Å². The number of anilines is 1. The molecule has 0 bridgehead atoms. The van der Waals surface area contributed by atoms with Gasteiger partial charge in [0.15, 0.2) is 0 Å². The zero-order valence-corrected chi connectivity index (χ0v) is 11.3. The minimum atomic E-state index is -0.115. The van der Waals surface area contributed by atoms with Gasteiger partial charge in [0.2, 0.25) is 0 Å². The van der Waals surface area contributed by atoms with Crippen LogP contribution in [0.3, 0.4) is 0 Å². The van der Waals surface area contributed by atoms with E-state index in [9.17, 15) is 4.79 Å². The van der Waals surface area contributed by atoms with Gasteiger partial charge in [-0.25, -0.2) is 0 Å². The molecule has 1 fully saturated rings. The lowest BCUT2D eigenvalue weighted by molar-refractivity contribution is 0.0947. The second kappa shape index (κ2) is 6.43. The Kier molecular flexibility index (Phi) is 4.63. The number of nitrogens with one attached hydrogen (secondary N) is 1. The van der Waals surface area contributed by atoms with Gasteiger partial charge in [-0.05, 0) is 38.1 Å². The lowest BCUT2D eigenvalue weighted by atomic mass is 10.1. The van der Waals surface area contributed by atoms with E-state index in [1.807, 2.05) is 0 Å². The normalized spacial score (nSPS) is 15.4. The minimum Gasteiger partial charge on any atom is -0.496 e. The number of methoxy groups -OCH3 is 1. The molecule has 1 aliphatic rings. The lowest BCUT2D eigenvalue weighted by Gasteiger charge is -2.15. The summed E-state index contributed by atoms with van der Waals surface area (Å²) in [6, 6.07) is 5.06. The first-order chi connectivity index (χ1) is 9.20. The molecule has 0 saturated carbocycles. The highest BCUT2D eigenvalue weighted by molar-refractivity contribution is 5.97. The van der Waals surface area contributed by atoms with Crippen molar-refractivity contribution in [3.63, 3.8) is 0 Å². The van der Waals surface area contributed by atoms with Gasteiger partial charge in [-0.15, -0.1) is 0 Å². The molecule has 1 amide bonds. The third-order valence-electron chi connectivity index (χ3n) is 3.38. The van der Waals surface area contributed by atoms with E-state index >= 15 is 0 Å². The molecule has 1 heterocycles. The number of ether oxygens (including phenoxy) is 1. The van der Waals surface area contributed by atoms with Crippen LogP contribution in [0.5, 0.6) is 5.75 Å². The van der Waals surface area contributed by atoms with Gasteiger partial charge >= 0.3 is 0 Å². The number of nitrogen functional groups attached to an aromatic ring is 1. The Morgan fingerprint density at radius 3 is 2.84 bits per heavy atom. The molecular weight excluding hydrogens is 242 g/mol. The molecule has 0 atom stereocenters. The highest BCUT2D eigenvalue weighted by Gasteiger charge is 2.14. The number of hydrogen-bond donors (Lipinski definition) is 2. The summed E-state index contributed by atoms with van der Waals surface area (Å²) in [6.45, 7) is 3.84. The number of carbonyl (C=O) groups excluding carboxylic acids is 1. The Balaban J connectivity index is 1.88. The second-order valence-corrected chi connectivity index (χ2v) is 4.76. The fraction of sp³-hybridized carbons (Fsp3) is 0.500. The summed E-state index contributed by atoms with van der Waals surface area (Å²) in [7, 11) is 1.54. The summed E-state index contributed by atoms with van der Waals surface area (Å²) < 4.78 is 5.18. The Bertz CT molecular complexity index is 442. The number of nitrogens with zero attached hydrogens (tertiary/aromatic N) is 1. The molecular formula is C14H21N3O2. The topological polar surface area (TPSA) is 67.6 Å². The smallest absolute Gasteiger partial charge is 0.255 e. The molecule has 1 aromatic rings. The van der Waals surface area contributed by atoms with Crippen LogP contribution < -0.4 is 15.8 Å². The van der Waals surface area contributed by atoms with Crippen molar-refractivity contribution in [2.24, 2.45) is 0 Å². The summed E-state index contributed by atoms with van der Waals surface area (Å²) in [5.74, 6) is 0.398. The van der Waals surface area contributed by atoms with Crippen molar-refractivity contribution in [2.45, 2.75) is 12.8 Å². The molecule has 3 N–H and O–H groups in total. The molecule has 104 valence electrons. The summed E-state index contributed by atoms with van der Waals surface area (Å²) in [6.07, 6.45) is 2.53. The van der Waals surface area contributed by atoms with Crippen LogP contribution in [-0.2, 0) is 0 Å². The van der Waals surface area contributed by atoms with Crippen LogP contribution >= 0.6 is 0 Å². The number of benzene rings is 1. The van der Waals surface area contributed by atoms with E-state index in [-0.39, 0.29) is 5.91 Å². The highest BCUT2D eigenvalue weighted by atomic mass is 16.5. The molecule has 2 rings (SSSR count). The minimum absolute atomic E-state index is 0.115. The van der Waals surface area contributed by atoms with E-state index in [1.165, 1.54) is 20.0 Å².